The molecule has 2 aromatic heterocycles. The molecule has 0 aliphatic carbocycles. The van der Waals surface area contributed by atoms with Crippen molar-refractivity contribution < 1.29 is 4.74 Å². The lowest BCUT2D eigenvalue weighted by Crippen LogP contribution is -2.06. The molecule has 0 N–H and O–H groups in total. The van der Waals surface area contributed by atoms with Crippen LogP contribution in [-0.2, 0) is 18.3 Å². The molecule has 0 aliphatic rings. The Balaban J connectivity index is 2.09. The van der Waals surface area contributed by atoms with Crippen molar-refractivity contribution in [3.63, 3.8) is 0 Å². The molecule has 126 valence electrons. The maximum absolute atomic E-state index is 6.21. The van der Waals surface area contributed by atoms with Crippen LogP contribution in [0.3, 0.4) is 0 Å². The lowest BCUT2D eigenvalue weighted by molar-refractivity contribution is 0.112. The second kappa shape index (κ2) is 6.97. The molecule has 0 fully saturated rings. The third kappa shape index (κ3) is 3.20. The Bertz CT molecular complexity index is 842. The predicted octanol–water partition coefficient (Wildman–Crippen LogP) is 4.35. The monoisotopic (exact) mass is 364 g/mol. The summed E-state index contributed by atoms with van der Waals surface area (Å²) in [6.45, 7) is 2.51. The normalized spacial score (nSPS) is 12.5. The van der Waals surface area contributed by atoms with Gasteiger partial charge in [0, 0.05) is 14.2 Å². The van der Waals surface area contributed by atoms with Gasteiger partial charge in [-0.25, -0.2) is 9.67 Å². The molecule has 3 aromatic rings. The number of nitrogens with zero attached hydrogens (tertiary/aromatic N) is 4. The van der Waals surface area contributed by atoms with Gasteiger partial charge in [-0.15, -0.1) is 0 Å². The fourth-order valence-corrected chi connectivity index (χ4v) is 2.83. The second-order valence-corrected chi connectivity index (χ2v) is 6.31. The van der Waals surface area contributed by atoms with E-state index in [0.717, 1.165) is 11.3 Å². The average molecular weight is 365 g/mol. The molecule has 0 amide bonds. The molecule has 24 heavy (non-hydrogen) atoms. The molecule has 7 heteroatoms. The standard InChI is InChI=1S/C17H18Cl2N4O/c1-11(24-3)16-20-17(14-9-13(18)15(19)22(14)2)23(21-16)10-12-7-5-4-6-8-12/h4-9,11H,10H2,1-3H3. The number of ether oxygens (including phenoxy) is 1. The minimum Gasteiger partial charge on any atom is -0.374 e. The molecular formula is C17H18Cl2N4O. The number of halogens is 2. The third-order valence-electron chi connectivity index (χ3n) is 3.93. The Kier molecular flexibility index (Phi) is 4.94. The van der Waals surface area contributed by atoms with Crippen LogP contribution in [0.2, 0.25) is 10.2 Å². The number of aromatic nitrogens is 4. The van der Waals surface area contributed by atoms with Gasteiger partial charge in [0.2, 0.25) is 0 Å². The first-order valence-electron chi connectivity index (χ1n) is 7.53. The van der Waals surface area contributed by atoms with Gasteiger partial charge in [0.15, 0.2) is 11.6 Å². The van der Waals surface area contributed by atoms with E-state index in [1.807, 2.05) is 36.9 Å². The van der Waals surface area contributed by atoms with Crippen LogP contribution < -0.4 is 0 Å². The van der Waals surface area contributed by atoms with Crippen LogP contribution >= 0.6 is 23.2 Å². The van der Waals surface area contributed by atoms with E-state index in [1.165, 1.54) is 0 Å². The molecule has 0 bridgehead atoms. The number of hydrogen-bond donors (Lipinski definition) is 0. The molecule has 0 spiro atoms. The highest BCUT2D eigenvalue weighted by Crippen LogP contribution is 2.31. The fourth-order valence-electron chi connectivity index (χ4n) is 2.45. The highest BCUT2D eigenvalue weighted by molar-refractivity contribution is 6.41. The molecule has 0 aliphatic heterocycles. The number of hydrogen-bond acceptors (Lipinski definition) is 3. The SMILES string of the molecule is COC(C)c1nc(-c2cc(Cl)c(Cl)n2C)n(Cc2ccccc2)n1. The lowest BCUT2D eigenvalue weighted by Gasteiger charge is -2.07. The van der Waals surface area contributed by atoms with E-state index in [-0.39, 0.29) is 6.10 Å². The van der Waals surface area contributed by atoms with Crippen molar-refractivity contribution in [1.82, 2.24) is 19.3 Å². The van der Waals surface area contributed by atoms with Crippen LogP contribution in [0.15, 0.2) is 36.4 Å². The van der Waals surface area contributed by atoms with Gasteiger partial charge in [0.25, 0.3) is 0 Å². The molecule has 5 nitrogen and oxygen atoms in total. The summed E-state index contributed by atoms with van der Waals surface area (Å²) in [4.78, 5) is 4.65. The highest BCUT2D eigenvalue weighted by atomic mass is 35.5. The Morgan fingerprint density at radius 1 is 1.21 bits per heavy atom. The smallest absolute Gasteiger partial charge is 0.179 e. The van der Waals surface area contributed by atoms with Gasteiger partial charge in [0.1, 0.15) is 11.3 Å². The molecule has 0 saturated heterocycles. The Morgan fingerprint density at radius 3 is 2.50 bits per heavy atom. The van der Waals surface area contributed by atoms with Gasteiger partial charge in [-0.1, -0.05) is 53.5 Å². The van der Waals surface area contributed by atoms with Crippen molar-refractivity contribution >= 4 is 23.2 Å². The van der Waals surface area contributed by atoms with Crippen molar-refractivity contribution in [3.05, 3.63) is 58.0 Å². The molecule has 0 saturated carbocycles. The van der Waals surface area contributed by atoms with Crippen molar-refractivity contribution in [2.75, 3.05) is 7.11 Å². The zero-order valence-corrected chi connectivity index (χ0v) is 15.2. The zero-order chi connectivity index (χ0) is 17.3. The van der Waals surface area contributed by atoms with E-state index >= 15 is 0 Å². The van der Waals surface area contributed by atoms with Gasteiger partial charge < -0.3 is 9.30 Å². The molecule has 1 unspecified atom stereocenters. The summed E-state index contributed by atoms with van der Waals surface area (Å²) >= 11 is 12.4. The van der Waals surface area contributed by atoms with E-state index < -0.39 is 0 Å². The summed E-state index contributed by atoms with van der Waals surface area (Å²) in [5.74, 6) is 1.32. The first-order valence-corrected chi connectivity index (χ1v) is 8.29. The van der Waals surface area contributed by atoms with Gasteiger partial charge >= 0.3 is 0 Å². The van der Waals surface area contributed by atoms with Crippen LogP contribution in [0.5, 0.6) is 0 Å². The van der Waals surface area contributed by atoms with E-state index in [1.54, 1.807) is 17.7 Å². The van der Waals surface area contributed by atoms with E-state index in [4.69, 9.17) is 27.9 Å². The van der Waals surface area contributed by atoms with E-state index in [0.29, 0.717) is 28.4 Å². The summed E-state index contributed by atoms with van der Waals surface area (Å²) in [7, 11) is 3.49. The number of benzene rings is 1. The van der Waals surface area contributed by atoms with Gasteiger partial charge in [-0.2, -0.15) is 5.10 Å². The zero-order valence-electron chi connectivity index (χ0n) is 13.7. The predicted molar refractivity (Wildman–Crippen MR) is 95.4 cm³/mol. The third-order valence-corrected chi connectivity index (χ3v) is 4.77. The van der Waals surface area contributed by atoms with Gasteiger partial charge in [-0.05, 0) is 18.6 Å². The van der Waals surface area contributed by atoms with Crippen molar-refractivity contribution in [2.45, 2.75) is 19.6 Å². The maximum atomic E-state index is 6.21. The molecule has 1 aromatic carbocycles. The minimum atomic E-state index is -0.202. The number of rotatable bonds is 5. The van der Waals surface area contributed by atoms with E-state index in [2.05, 4.69) is 22.2 Å². The van der Waals surface area contributed by atoms with Crippen molar-refractivity contribution in [1.29, 1.82) is 0 Å². The summed E-state index contributed by atoms with van der Waals surface area (Å²) in [6.07, 6.45) is -0.202. The first kappa shape index (κ1) is 17.0. The van der Waals surface area contributed by atoms with Crippen LogP contribution in [0.25, 0.3) is 11.5 Å². The van der Waals surface area contributed by atoms with Crippen LogP contribution in [0.1, 0.15) is 24.4 Å². The van der Waals surface area contributed by atoms with Crippen LogP contribution in [0, 0.1) is 0 Å². The van der Waals surface area contributed by atoms with Crippen molar-refractivity contribution in [2.24, 2.45) is 7.05 Å². The van der Waals surface area contributed by atoms with Gasteiger partial charge in [0.05, 0.1) is 17.3 Å². The van der Waals surface area contributed by atoms with Crippen LogP contribution in [0.4, 0.5) is 0 Å². The summed E-state index contributed by atoms with van der Waals surface area (Å²) in [5, 5.41) is 5.58. The molecule has 0 radical (unpaired) electrons. The average Bonchev–Trinajstić information content (AvgIpc) is 3.11. The van der Waals surface area contributed by atoms with Crippen molar-refractivity contribution in [3.8, 4) is 11.5 Å². The highest BCUT2D eigenvalue weighted by Gasteiger charge is 2.20. The Hall–Kier alpha value is -1.82. The second-order valence-electron chi connectivity index (χ2n) is 5.54. The number of methoxy groups -OCH3 is 1. The summed E-state index contributed by atoms with van der Waals surface area (Å²) in [5.41, 5.74) is 1.94. The van der Waals surface area contributed by atoms with E-state index in [9.17, 15) is 0 Å². The molecule has 2 heterocycles. The first-order chi connectivity index (χ1) is 11.5. The van der Waals surface area contributed by atoms with Gasteiger partial charge in [-0.3, -0.25) is 0 Å². The maximum Gasteiger partial charge on any atom is 0.179 e. The molecule has 3 rings (SSSR count). The topological polar surface area (TPSA) is 44.9 Å². The summed E-state index contributed by atoms with van der Waals surface area (Å²) < 4.78 is 9.00. The Labute approximate surface area is 150 Å². The molecular weight excluding hydrogens is 347 g/mol. The quantitative estimate of drug-likeness (QED) is 0.675. The van der Waals surface area contributed by atoms with Crippen LogP contribution in [-0.4, -0.2) is 26.4 Å². The fraction of sp³-hybridized carbons (Fsp3) is 0.294. The Morgan fingerprint density at radius 2 is 1.92 bits per heavy atom. The lowest BCUT2D eigenvalue weighted by atomic mass is 10.2. The largest absolute Gasteiger partial charge is 0.374 e. The minimum absolute atomic E-state index is 0.202. The molecule has 1 atom stereocenters. The summed E-state index contributed by atoms with van der Waals surface area (Å²) in [6, 6.07) is 11.9.